The van der Waals surface area contributed by atoms with Crippen LogP contribution in [0, 0.1) is 11.6 Å². The third kappa shape index (κ3) is 5.83. The number of ether oxygens (including phenoxy) is 1. The third-order valence-corrected chi connectivity index (χ3v) is 4.74. The van der Waals surface area contributed by atoms with E-state index in [4.69, 9.17) is 4.74 Å². The number of sulfonamides is 1. The molecule has 1 atom stereocenters. The lowest BCUT2D eigenvalue weighted by Gasteiger charge is -2.14. The Kier molecular flexibility index (Phi) is 6.59. The van der Waals surface area contributed by atoms with E-state index in [1.165, 1.54) is 31.2 Å². The Labute approximate surface area is 154 Å². The van der Waals surface area contributed by atoms with Gasteiger partial charge in [-0.2, -0.15) is 4.72 Å². The van der Waals surface area contributed by atoms with Crippen LogP contribution in [0.15, 0.2) is 53.4 Å². The second-order valence-corrected chi connectivity index (χ2v) is 7.15. The van der Waals surface area contributed by atoms with Crippen LogP contribution in [-0.4, -0.2) is 32.9 Å². The van der Waals surface area contributed by atoms with Gasteiger partial charge in [-0.15, -0.1) is 0 Å². The van der Waals surface area contributed by atoms with Crippen LogP contribution in [0.5, 0.6) is 0 Å². The Balaban J connectivity index is 1.88. The number of rotatable bonds is 7. The van der Waals surface area contributed by atoms with Gasteiger partial charge in [-0.1, -0.05) is 18.2 Å². The lowest BCUT2D eigenvalue weighted by Crippen LogP contribution is -2.36. The quantitative estimate of drug-likeness (QED) is 0.693. The summed E-state index contributed by atoms with van der Waals surface area (Å²) in [6.45, 7) is 0.528. The van der Waals surface area contributed by atoms with Crippen molar-refractivity contribution in [3.63, 3.8) is 0 Å². The van der Waals surface area contributed by atoms with Crippen LogP contribution in [0.25, 0.3) is 0 Å². The molecule has 0 saturated heterocycles. The van der Waals surface area contributed by atoms with E-state index in [1.54, 1.807) is 6.07 Å². The van der Waals surface area contributed by atoms with Crippen LogP contribution in [0.4, 0.5) is 14.5 Å². The van der Waals surface area contributed by atoms with Gasteiger partial charge in [-0.3, -0.25) is 9.59 Å². The molecule has 2 aromatic rings. The predicted molar refractivity (Wildman–Crippen MR) is 92.2 cm³/mol. The largest absolute Gasteiger partial charge is 0.452 e. The third-order valence-electron chi connectivity index (χ3n) is 3.33. The minimum absolute atomic E-state index is 0.0321. The van der Waals surface area contributed by atoms with Gasteiger partial charge in [0.2, 0.25) is 10.0 Å². The second kappa shape index (κ2) is 8.69. The molecule has 0 aromatic heterocycles. The Hall–Kier alpha value is -2.85. The molecule has 27 heavy (non-hydrogen) atoms. The first-order chi connectivity index (χ1) is 12.7. The van der Waals surface area contributed by atoms with Crippen molar-refractivity contribution >= 4 is 27.6 Å². The second-order valence-electron chi connectivity index (χ2n) is 5.38. The Morgan fingerprint density at radius 1 is 1.11 bits per heavy atom. The average molecular weight is 398 g/mol. The molecule has 0 aliphatic carbocycles. The molecule has 0 heterocycles. The van der Waals surface area contributed by atoms with E-state index >= 15 is 0 Å². The highest BCUT2D eigenvalue weighted by Gasteiger charge is 2.21. The van der Waals surface area contributed by atoms with Gasteiger partial charge >= 0.3 is 5.97 Å². The van der Waals surface area contributed by atoms with Crippen molar-refractivity contribution in [3.05, 3.63) is 60.2 Å². The van der Waals surface area contributed by atoms with Crippen molar-refractivity contribution in [1.82, 2.24) is 4.72 Å². The van der Waals surface area contributed by atoms with Crippen molar-refractivity contribution in [3.8, 4) is 0 Å². The van der Waals surface area contributed by atoms with E-state index in [-0.39, 0.29) is 10.6 Å². The molecule has 0 fully saturated rings. The van der Waals surface area contributed by atoms with Crippen molar-refractivity contribution < 1.29 is 31.5 Å². The van der Waals surface area contributed by atoms with E-state index in [1.807, 2.05) is 4.72 Å². The van der Waals surface area contributed by atoms with Gasteiger partial charge in [0, 0.05) is 6.07 Å². The fraction of sp³-hybridized carbons (Fsp3) is 0.176. The topological polar surface area (TPSA) is 102 Å². The van der Waals surface area contributed by atoms with Crippen LogP contribution >= 0.6 is 0 Å². The Morgan fingerprint density at radius 2 is 1.78 bits per heavy atom. The normalized spacial score (nSPS) is 12.3. The van der Waals surface area contributed by atoms with Crippen molar-refractivity contribution in [2.45, 2.75) is 17.9 Å². The number of nitrogens with one attached hydrogen (secondary N) is 2. The summed E-state index contributed by atoms with van der Waals surface area (Å²) in [7, 11) is -3.91. The Bertz CT molecular complexity index is 936. The summed E-state index contributed by atoms with van der Waals surface area (Å²) in [5, 5.41) is 2.14. The minimum atomic E-state index is -3.91. The van der Waals surface area contributed by atoms with Gasteiger partial charge in [0.25, 0.3) is 5.91 Å². The van der Waals surface area contributed by atoms with Gasteiger partial charge in [0.15, 0.2) is 6.10 Å². The predicted octanol–water partition coefficient (Wildman–Crippen LogP) is 1.81. The molecule has 0 aliphatic heterocycles. The highest BCUT2D eigenvalue weighted by molar-refractivity contribution is 7.89. The number of hydrogen-bond acceptors (Lipinski definition) is 5. The van der Waals surface area contributed by atoms with Crippen LogP contribution < -0.4 is 10.0 Å². The fourth-order valence-electron chi connectivity index (χ4n) is 1.95. The first kappa shape index (κ1) is 20.5. The molecule has 7 nitrogen and oxygen atoms in total. The van der Waals surface area contributed by atoms with Gasteiger partial charge in [-0.05, 0) is 31.2 Å². The van der Waals surface area contributed by atoms with Crippen LogP contribution in [0.2, 0.25) is 0 Å². The van der Waals surface area contributed by atoms with Gasteiger partial charge in [0.1, 0.15) is 18.2 Å². The first-order valence-corrected chi connectivity index (χ1v) is 9.17. The molecule has 0 unspecified atom stereocenters. The summed E-state index contributed by atoms with van der Waals surface area (Å²) >= 11 is 0. The molecule has 0 spiro atoms. The number of hydrogen-bond donors (Lipinski definition) is 2. The number of carbonyl (C=O) groups excluding carboxylic acids is 2. The number of amides is 1. The minimum Gasteiger partial charge on any atom is -0.452 e. The summed E-state index contributed by atoms with van der Waals surface area (Å²) in [6, 6.07) is 9.94. The molecule has 144 valence electrons. The molecule has 0 bridgehead atoms. The highest BCUT2D eigenvalue weighted by atomic mass is 32.2. The van der Waals surface area contributed by atoms with Crippen molar-refractivity contribution in [1.29, 1.82) is 0 Å². The fourth-order valence-corrected chi connectivity index (χ4v) is 2.94. The maximum Gasteiger partial charge on any atom is 0.321 e. The summed E-state index contributed by atoms with van der Waals surface area (Å²) in [4.78, 5) is 23.6. The highest BCUT2D eigenvalue weighted by Crippen LogP contribution is 2.15. The molecular weight excluding hydrogens is 382 g/mol. The van der Waals surface area contributed by atoms with Gasteiger partial charge in [-0.25, -0.2) is 17.2 Å². The summed E-state index contributed by atoms with van der Waals surface area (Å²) in [5.74, 6) is -3.66. The number of halogens is 2. The molecule has 0 saturated carbocycles. The number of benzene rings is 2. The number of carbonyl (C=O) groups is 2. The van der Waals surface area contributed by atoms with E-state index in [0.717, 1.165) is 12.1 Å². The van der Waals surface area contributed by atoms with Crippen LogP contribution in [-0.2, 0) is 24.3 Å². The molecule has 2 aromatic carbocycles. The first-order valence-electron chi connectivity index (χ1n) is 7.69. The zero-order valence-corrected chi connectivity index (χ0v) is 14.9. The molecule has 0 radical (unpaired) electrons. The zero-order valence-electron chi connectivity index (χ0n) is 14.1. The van der Waals surface area contributed by atoms with Gasteiger partial charge in [0.05, 0.1) is 10.6 Å². The molecule has 10 heteroatoms. The van der Waals surface area contributed by atoms with E-state index in [9.17, 15) is 26.8 Å². The monoisotopic (exact) mass is 398 g/mol. The van der Waals surface area contributed by atoms with E-state index < -0.39 is 46.2 Å². The molecule has 1 amide bonds. The smallest absolute Gasteiger partial charge is 0.321 e. The number of esters is 1. The van der Waals surface area contributed by atoms with Crippen molar-refractivity contribution in [2.75, 3.05) is 11.9 Å². The lowest BCUT2D eigenvalue weighted by atomic mass is 10.2. The maximum absolute atomic E-state index is 13.5. The standard InChI is InChI=1S/C17H16F2N2O5S/c1-11(17(23)21-15-8-7-12(18)9-14(15)19)26-16(22)10-20-27(24,25)13-5-3-2-4-6-13/h2-9,11,20H,10H2,1H3,(H,21,23)/t11-/m1/s1. The van der Waals surface area contributed by atoms with E-state index in [0.29, 0.717) is 6.07 Å². The van der Waals surface area contributed by atoms with Crippen molar-refractivity contribution in [2.24, 2.45) is 0 Å². The van der Waals surface area contributed by atoms with Crippen LogP contribution in [0.3, 0.4) is 0 Å². The zero-order chi connectivity index (χ0) is 20.0. The van der Waals surface area contributed by atoms with Crippen LogP contribution in [0.1, 0.15) is 6.92 Å². The SMILES string of the molecule is C[C@@H](OC(=O)CNS(=O)(=O)c1ccccc1)C(=O)Nc1ccc(F)cc1F. The number of anilines is 1. The summed E-state index contributed by atoms with van der Waals surface area (Å²) < 4.78 is 57.2. The molecular formula is C17H16F2N2O5S. The maximum atomic E-state index is 13.5. The molecule has 2 N–H and O–H groups in total. The van der Waals surface area contributed by atoms with E-state index in [2.05, 4.69) is 5.32 Å². The Morgan fingerprint density at radius 3 is 2.41 bits per heavy atom. The molecule has 0 aliphatic rings. The summed E-state index contributed by atoms with van der Waals surface area (Å²) in [5.41, 5.74) is -0.283. The molecule has 2 rings (SSSR count). The summed E-state index contributed by atoms with van der Waals surface area (Å²) in [6.07, 6.45) is -1.33. The average Bonchev–Trinajstić information content (AvgIpc) is 2.63. The van der Waals surface area contributed by atoms with Gasteiger partial charge < -0.3 is 10.1 Å². The lowest BCUT2D eigenvalue weighted by molar-refractivity contribution is -0.151.